The molecule has 3 atom stereocenters. The minimum atomic E-state index is -1.07. The van der Waals surface area contributed by atoms with Crippen LogP contribution in [-0.2, 0) is 9.59 Å². The van der Waals surface area contributed by atoms with E-state index in [0.717, 1.165) is 0 Å². The van der Waals surface area contributed by atoms with Crippen LogP contribution in [0.5, 0.6) is 0 Å². The summed E-state index contributed by atoms with van der Waals surface area (Å²) in [6.07, 6.45) is 1.86. The van der Waals surface area contributed by atoms with Gasteiger partial charge in [-0.25, -0.2) is 9.59 Å². The van der Waals surface area contributed by atoms with Crippen LogP contribution < -0.4 is 11.1 Å². The third-order valence-electron chi connectivity index (χ3n) is 3.60. The van der Waals surface area contributed by atoms with Gasteiger partial charge in [0.15, 0.2) is 0 Å². The Kier molecular flexibility index (Phi) is 5.14. The molecule has 0 aromatic carbocycles. The van der Waals surface area contributed by atoms with Crippen LogP contribution in [0.1, 0.15) is 33.1 Å². The number of urea groups is 1. The lowest BCUT2D eigenvalue weighted by molar-refractivity contribution is -0.140. The monoisotopic (exact) mass is 271 g/mol. The number of carbonyl (C=O) groups excluding carboxylic acids is 2. The van der Waals surface area contributed by atoms with Crippen molar-refractivity contribution in [3.8, 4) is 0 Å². The number of hydrogen-bond donors (Lipinski definition) is 3. The fourth-order valence-electron chi connectivity index (χ4n) is 2.20. The van der Waals surface area contributed by atoms with Crippen molar-refractivity contribution >= 4 is 17.9 Å². The number of carboxylic acid groups (broad SMARTS) is 1. The minimum absolute atomic E-state index is 0.184. The normalized spacial score (nSPS) is 21.8. The van der Waals surface area contributed by atoms with Crippen LogP contribution in [0.15, 0.2) is 0 Å². The van der Waals surface area contributed by atoms with Gasteiger partial charge in [-0.3, -0.25) is 4.79 Å². The third kappa shape index (κ3) is 3.59. The molecule has 1 saturated heterocycles. The molecule has 7 nitrogen and oxygen atoms in total. The Morgan fingerprint density at radius 3 is 2.58 bits per heavy atom. The first kappa shape index (κ1) is 15.3. The highest BCUT2D eigenvalue weighted by Crippen LogP contribution is 2.17. The molecule has 3 amide bonds. The van der Waals surface area contributed by atoms with Crippen molar-refractivity contribution < 1.29 is 19.5 Å². The molecule has 1 heterocycles. The number of amides is 3. The number of rotatable bonds is 5. The molecule has 7 heteroatoms. The number of carbonyl (C=O) groups is 3. The second-order valence-electron chi connectivity index (χ2n) is 4.90. The first-order chi connectivity index (χ1) is 8.88. The summed E-state index contributed by atoms with van der Waals surface area (Å²) < 4.78 is 0. The van der Waals surface area contributed by atoms with Gasteiger partial charge in [-0.05, 0) is 18.8 Å². The number of nitrogens with one attached hydrogen (secondary N) is 1. The topological polar surface area (TPSA) is 113 Å². The minimum Gasteiger partial charge on any atom is -0.480 e. The molecule has 0 radical (unpaired) electrons. The van der Waals surface area contributed by atoms with Crippen molar-refractivity contribution in [1.82, 2.24) is 10.2 Å². The van der Waals surface area contributed by atoms with Crippen molar-refractivity contribution in [3.63, 3.8) is 0 Å². The Hall–Kier alpha value is -1.79. The zero-order chi connectivity index (χ0) is 14.6. The summed E-state index contributed by atoms with van der Waals surface area (Å²) in [6, 6.07) is -2.12. The summed E-state index contributed by atoms with van der Waals surface area (Å²) in [5.41, 5.74) is 5.23. The van der Waals surface area contributed by atoms with Gasteiger partial charge in [0.1, 0.15) is 12.1 Å². The second kappa shape index (κ2) is 6.40. The van der Waals surface area contributed by atoms with Crippen molar-refractivity contribution in [2.24, 2.45) is 11.7 Å². The highest BCUT2D eigenvalue weighted by Gasteiger charge is 2.35. The summed E-state index contributed by atoms with van der Waals surface area (Å²) in [5, 5.41) is 11.6. The maximum Gasteiger partial charge on any atom is 0.326 e. The molecule has 1 rings (SSSR count). The number of nitrogens with zero attached hydrogens (tertiary/aromatic N) is 1. The molecule has 0 aromatic rings. The van der Waals surface area contributed by atoms with Crippen LogP contribution in [0, 0.1) is 5.92 Å². The quantitative estimate of drug-likeness (QED) is 0.660. The number of primary amides is 1. The van der Waals surface area contributed by atoms with Gasteiger partial charge in [-0.15, -0.1) is 0 Å². The molecule has 1 aliphatic rings. The van der Waals surface area contributed by atoms with Gasteiger partial charge in [-0.1, -0.05) is 20.3 Å². The van der Waals surface area contributed by atoms with E-state index in [2.05, 4.69) is 5.32 Å². The molecule has 0 saturated carbocycles. The molecule has 0 aliphatic carbocycles. The number of hydrogen-bond acceptors (Lipinski definition) is 3. The van der Waals surface area contributed by atoms with E-state index in [0.29, 0.717) is 25.8 Å². The van der Waals surface area contributed by atoms with Gasteiger partial charge < -0.3 is 21.1 Å². The van der Waals surface area contributed by atoms with Crippen LogP contribution in [0.4, 0.5) is 4.79 Å². The van der Waals surface area contributed by atoms with Crippen molar-refractivity contribution in [3.05, 3.63) is 0 Å². The molecule has 0 spiro atoms. The zero-order valence-corrected chi connectivity index (χ0v) is 11.3. The molecule has 108 valence electrons. The molecule has 1 aliphatic heterocycles. The third-order valence-corrected chi connectivity index (χ3v) is 3.60. The number of nitrogens with two attached hydrogens (primary N) is 1. The maximum atomic E-state index is 12.0. The summed E-state index contributed by atoms with van der Waals surface area (Å²) in [6.45, 7) is 4.04. The number of aliphatic carboxylic acids is 1. The Morgan fingerprint density at radius 2 is 2.11 bits per heavy atom. The molecule has 3 unspecified atom stereocenters. The predicted molar refractivity (Wildman–Crippen MR) is 68.3 cm³/mol. The van der Waals surface area contributed by atoms with E-state index in [1.54, 1.807) is 6.92 Å². The fourth-order valence-corrected chi connectivity index (χ4v) is 2.20. The molecule has 0 bridgehead atoms. The second-order valence-corrected chi connectivity index (χ2v) is 4.90. The highest BCUT2D eigenvalue weighted by atomic mass is 16.4. The van der Waals surface area contributed by atoms with Crippen molar-refractivity contribution in [2.75, 3.05) is 6.54 Å². The summed E-state index contributed by atoms with van der Waals surface area (Å²) in [5.74, 6) is -1.81. The van der Waals surface area contributed by atoms with Crippen LogP contribution in [0.2, 0.25) is 0 Å². The lowest BCUT2D eigenvalue weighted by atomic mass is 9.99. The van der Waals surface area contributed by atoms with Gasteiger partial charge in [0, 0.05) is 6.54 Å². The van der Waals surface area contributed by atoms with Gasteiger partial charge >= 0.3 is 12.0 Å². The molecular formula is C12H21N3O4. The number of carboxylic acids is 1. The van der Waals surface area contributed by atoms with E-state index < -0.39 is 30.0 Å². The SMILES string of the molecule is CCC(C)C(NC(=O)N1CCCC1C(N)=O)C(=O)O. The Balaban J connectivity index is 2.71. The van der Waals surface area contributed by atoms with E-state index in [9.17, 15) is 14.4 Å². The van der Waals surface area contributed by atoms with Crippen molar-refractivity contribution in [2.45, 2.75) is 45.2 Å². The average molecular weight is 271 g/mol. The molecule has 0 aromatic heterocycles. The summed E-state index contributed by atoms with van der Waals surface area (Å²) in [4.78, 5) is 35.7. The van der Waals surface area contributed by atoms with E-state index in [1.165, 1.54) is 4.90 Å². The lowest BCUT2D eigenvalue weighted by Gasteiger charge is -2.26. The van der Waals surface area contributed by atoms with Crippen molar-refractivity contribution in [1.29, 1.82) is 0 Å². The standard InChI is InChI=1S/C12H21N3O4/c1-3-7(2)9(11(17)18)14-12(19)15-6-4-5-8(15)10(13)16/h7-9H,3-6H2,1-2H3,(H2,13,16)(H,14,19)(H,17,18). The molecular weight excluding hydrogens is 250 g/mol. The summed E-state index contributed by atoms with van der Waals surface area (Å²) >= 11 is 0. The van der Waals surface area contributed by atoms with Gasteiger partial charge in [0.2, 0.25) is 5.91 Å². The highest BCUT2D eigenvalue weighted by molar-refractivity contribution is 5.88. The Morgan fingerprint density at radius 1 is 1.47 bits per heavy atom. The maximum absolute atomic E-state index is 12.0. The van der Waals surface area contributed by atoms with Gasteiger partial charge in [0.05, 0.1) is 0 Å². The van der Waals surface area contributed by atoms with E-state index in [4.69, 9.17) is 10.8 Å². The Labute approximate surface area is 112 Å². The smallest absolute Gasteiger partial charge is 0.326 e. The molecule has 4 N–H and O–H groups in total. The van der Waals surface area contributed by atoms with Crippen LogP contribution in [-0.4, -0.2) is 46.5 Å². The predicted octanol–water partition coefficient (Wildman–Crippen LogP) is 0.145. The first-order valence-electron chi connectivity index (χ1n) is 6.47. The largest absolute Gasteiger partial charge is 0.480 e. The van der Waals surface area contributed by atoms with Crippen LogP contribution in [0.25, 0.3) is 0 Å². The fraction of sp³-hybridized carbons (Fsp3) is 0.750. The van der Waals surface area contributed by atoms with Crippen LogP contribution >= 0.6 is 0 Å². The number of likely N-dealkylation sites (tertiary alicyclic amines) is 1. The van der Waals surface area contributed by atoms with Crippen LogP contribution in [0.3, 0.4) is 0 Å². The molecule has 1 fully saturated rings. The Bertz CT molecular complexity index is 372. The zero-order valence-electron chi connectivity index (χ0n) is 11.3. The van der Waals surface area contributed by atoms with Gasteiger partial charge in [0.25, 0.3) is 0 Å². The van der Waals surface area contributed by atoms with E-state index in [-0.39, 0.29) is 5.92 Å². The van der Waals surface area contributed by atoms with E-state index in [1.807, 2.05) is 6.92 Å². The molecule has 19 heavy (non-hydrogen) atoms. The summed E-state index contributed by atoms with van der Waals surface area (Å²) in [7, 11) is 0. The first-order valence-corrected chi connectivity index (χ1v) is 6.47. The lowest BCUT2D eigenvalue weighted by Crippen LogP contribution is -2.53. The van der Waals surface area contributed by atoms with E-state index >= 15 is 0 Å². The van der Waals surface area contributed by atoms with Gasteiger partial charge in [-0.2, -0.15) is 0 Å². The average Bonchev–Trinajstić information content (AvgIpc) is 2.83.